The van der Waals surface area contributed by atoms with Crippen LogP contribution in [-0.4, -0.2) is 20.2 Å². The predicted molar refractivity (Wildman–Crippen MR) is 72.0 cm³/mol. The number of rotatable bonds is 6. The van der Waals surface area contributed by atoms with E-state index in [9.17, 15) is 4.79 Å². The van der Waals surface area contributed by atoms with Gasteiger partial charge >= 0.3 is 5.97 Å². The molecule has 1 aromatic rings. The van der Waals surface area contributed by atoms with Crippen LogP contribution in [0.1, 0.15) is 43.2 Å². The lowest BCUT2D eigenvalue weighted by atomic mass is 9.91. The van der Waals surface area contributed by atoms with Crippen LogP contribution in [0.3, 0.4) is 0 Å². The Balaban J connectivity index is 3.10. The Morgan fingerprint density at radius 1 is 1.33 bits per heavy atom. The van der Waals surface area contributed by atoms with Crippen molar-refractivity contribution in [1.82, 2.24) is 0 Å². The molecule has 0 aliphatic rings. The molecule has 100 valence electrons. The lowest BCUT2D eigenvalue weighted by Gasteiger charge is -2.18. The summed E-state index contributed by atoms with van der Waals surface area (Å²) in [6.07, 6.45) is 2.85. The van der Waals surface area contributed by atoms with Crippen LogP contribution in [0, 0.1) is 6.92 Å². The summed E-state index contributed by atoms with van der Waals surface area (Å²) in [6, 6.07) is 5.90. The highest BCUT2D eigenvalue weighted by molar-refractivity contribution is 5.79. The van der Waals surface area contributed by atoms with Gasteiger partial charge in [-0.3, -0.25) is 4.79 Å². The van der Waals surface area contributed by atoms with Gasteiger partial charge in [0.2, 0.25) is 0 Å². The van der Waals surface area contributed by atoms with Gasteiger partial charge in [-0.25, -0.2) is 0 Å². The predicted octanol–water partition coefficient (Wildman–Crippen LogP) is 3.45. The summed E-state index contributed by atoms with van der Waals surface area (Å²) >= 11 is 0. The van der Waals surface area contributed by atoms with E-state index in [4.69, 9.17) is 9.47 Å². The molecule has 0 aliphatic heterocycles. The molecule has 0 fully saturated rings. The molecular formula is C15H22O3. The second kappa shape index (κ2) is 7.04. The average Bonchev–Trinajstić information content (AvgIpc) is 2.39. The molecule has 0 heterocycles. The largest absolute Gasteiger partial charge is 0.496 e. The molecule has 0 bridgehead atoms. The van der Waals surface area contributed by atoms with E-state index in [1.165, 1.54) is 7.11 Å². The normalized spacial score (nSPS) is 12.0. The zero-order valence-electron chi connectivity index (χ0n) is 11.7. The minimum Gasteiger partial charge on any atom is -0.496 e. The summed E-state index contributed by atoms with van der Waals surface area (Å²) in [5.74, 6) is 0.337. The minimum atomic E-state index is -0.232. The first-order valence-electron chi connectivity index (χ1n) is 6.36. The second-order valence-corrected chi connectivity index (χ2v) is 4.46. The highest BCUT2D eigenvalue weighted by Crippen LogP contribution is 2.32. The van der Waals surface area contributed by atoms with E-state index in [1.54, 1.807) is 7.11 Å². The van der Waals surface area contributed by atoms with Crippen molar-refractivity contribution in [2.24, 2.45) is 0 Å². The molecule has 1 rings (SSSR count). The van der Waals surface area contributed by atoms with E-state index in [0.29, 0.717) is 0 Å². The monoisotopic (exact) mass is 250 g/mol. The van der Waals surface area contributed by atoms with Gasteiger partial charge < -0.3 is 9.47 Å². The molecular weight excluding hydrogens is 228 g/mol. The third-order valence-corrected chi connectivity index (χ3v) is 3.09. The maximum absolute atomic E-state index is 11.9. The summed E-state index contributed by atoms with van der Waals surface area (Å²) < 4.78 is 10.3. The van der Waals surface area contributed by atoms with E-state index in [0.717, 1.165) is 36.1 Å². The molecule has 1 atom stereocenters. The van der Waals surface area contributed by atoms with Gasteiger partial charge in [0, 0.05) is 5.56 Å². The number of aryl methyl sites for hydroxylation is 1. The van der Waals surface area contributed by atoms with Gasteiger partial charge in [0.25, 0.3) is 0 Å². The molecule has 0 spiro atoms. The van der Waals surface area contributed by atoms with Gasteiger partial charge in [-0.2, -0.15) is 0 Å². The average molecular weight is 250 g/mol. The van der Waals surface area contributed by atoms with Crippen molar-refractivity contribution in [2.45, 2.75) is 39.0 Å². The van der Waals surface area contributed by atoms with Crippen molar-refractivity contribution in [3.8, 4) is 5.75 Å². The smallest absolute Gasteiger partial charge is 0.313 e. The number of hydrogen-bond donors (Lipinski definition) is 0. The van der Waals surface area contributed by atoms with Crippen LogP contribution in [0.4, 0.5) is 0 Å². The Labute approximate surface area is 109 Å². The summed E-state index contributed by atoms with van der Waals surface area (Å²) in [5.41, 5.74) is 2.05. The molecule has 1 aromatic carbocycles. The summed E-state index contributed by atoms with van der Waals surface area (Å²) in [4.78, 5) is 11.9. The van der Waals surface area contributed by atoms with E-state index in [-0.39, 0.29) is 11.9 Å². The third-order valence-electron chi connectivity index (χ3n) is 3.09. The summed E-state index contributed by atoms with van der Waals surface area (Å²) in [5, 5.41) is 0. The molecule has 0 saturated carbocycles. The third kappa shape index (κ3) is 3.49. The first-order chi connectivity index (χ1) is 8.63. The number of esters is 1. The van der Waals surface area contributed by atoms with Crippen molar-refractivity contribution in [2.75, 3.05) is 14.2 Å². The number of methoxy groups -OCH3 is 2. The number of hydrogen-bond acceptors (Lipinski definition) is 3. The molecule has 0 radical (unpaired) electrons. The molecule has 3 nitrogen and oxygen atoms in total. The van der Waals surface area contributed by atoms with Crippen molar-refractivity contribution in [1.29, 1.82) is 0 Å². The molecule has 0 amide bonds. The van der Waals surface area contributed by atoms with Gasteiger partial charge in [-0.1, -0.05) is 37.5 Å². The first kappa shape index (κ1) is 14.6. The molecule has 3 heteroatoms. The Kier molecular flexibility index (Phi) is 5.69. The molecule has 0 saturated heterocycles. The van der Waals surface area contributed by atoms with Crippen LogP contribution in [0.25, 0.3) is 0 Å². The molecule has 0 N–H and O–H groups in total. The van der Waals surface area contributed by atoms with Crippen molar-refractivity contribution in [3.63, 3.8) is 0 Å². The van der Waals surface area contributed by atoms with Crippen molar-refractivity contribution < 1.29 is 14.3 Å². The van der Waals surface area contributed by atoms with E-state index in [1.807, 2.05) is 25.1 Å². The van der Waals surface area contributed by atoms with Crippen molar-refractivity contribution >= 4 is 5.97 Å². The molecule has 0 aromatic heterocycles. The number of carbonyl (C=O) groups is 1. The fourth-order valence-corrected chi connectivity index (χ4v) is 2.08. The number of unbranched alkanes of at least 4 members (excludes halogenated alkanes) is 1. The van der Waals surface area contributed by atoms with Crippen LogP contribution in [0.2, 0.25) is 0 Å². The quantitative estimate of drug-likeness (QED) is 0.725. The second-order valence-electron chi connectivity index (χ2n) is 4.46. The maximum atomic E-state index is 11.9. The minimum absolute atomic E-state index is 0.188. The van der Waals surface area contributed by atoms with Crippen LogP contribution >= 0.6 is 0 Å². The Hall–Kier alpha value is -1.51. The zero-order valence-corrected chi connectivity index (χ0v) is 11.7. The van der Waals surface area contributed by atoms with Crippen LogP contribution in [-0.2, 0) is 9.53 Å². The fourth-order valence-electron chi connectivity index (χ4n) is 2.08. The maximum Gasteiger partial charge on any atom is 0.313 e. The fraction of sp³-hybridized carbons (Fsp3) is 0.533. The molecule has 1 unspecified atom stereocenters. The number of benzene rings is 1. The highest BCUT2D eigenvalue weighted by atomic mass is 16.5. The van der Waals surface area contributed by atoms with Crippen LogP contribution in [0.5, 0.6) is 5.75 Å². The van der Waals surface area contributed by atoms with Gasteiger partial charge in [0.05, 0.1) is 20.1 Å². The number of carbonyl (C=O) groups excluding carboxylic acids is 1. The van der Waals surface area contributed by atoms with Gasteiger partial charge in [0.1, 0.15) is 5.75 Å². The van der Waals surface area contributed by atoms with Gasteiger partial charge in [-0.05, 0) is 19.4 Å². The Morgan fingerprint density at radius 2 is 2.06 bits per heavy atom. The first-order valence-corrected chi connectivity index (χ1v) is 6.36. The van der Waals surface area contributed by atoms with E-state index < -0.39 is 0 Å². The van der Waals surface area contributed by atoms with Gasteiger partial charge in [-0.15, -0.1) is 0 Å². The Morgan fingerprint density at radius 3 is 2.61 bits per heavy atom. The topological polar surface area (TPSA) is 35.5 Å². The van der Waals surface area contributed by atoms with E-state index in [2.05, 4.69) is 6.92 Å². The summed E-state index contributed by atoms with van der Waals surface area (Å²) in [6.45, 7) is 4.12. The van der Waals surface area contributed by atoms with Crippen LogP contribution < -0.4 is 4.74 Å². The standard InChI is InChI=1S/C15H22O3/c1-5-6-7-12(15(16)18-4)13-10-11(2)8-9-14(13)17-3/h8-10,12H,5-7H2,1-4H3. The lowest BCUT2D eigenvalue weighted by Crippen LogP contribution is -2.15. The SMILES string of the molecule is CCCCC(C(=O)OC)c1cc(C)ccc1OC. The van der Waals surface area contributed by atoms with E-state index >= 15 is 0 Å². The lowest BCUT2D eigenvalue weighted by molar-refractivity contribution is -0.142. The highest BCUT2D eigenvalue weighted by Gasteiger charge is 2.24. The Bertz CT molecular complexity index is 399. The molecule has 0 aliphatic carbocycles. The van der Waals surface area contributed by atoms with Crippen molar-refractivity contribution in [3.05, 3.63) is 29.3 Å². The zero-order chi connectivity index (χ0) is 13.5. The number of ether oxygens (including phenoxy) is 2. The van der Waals surface area contributed by atoms with Gasteiger partial charge in [0.15, 0.2) is 0 Å². The molecule has 18 heavy (non-hydrogen) atoms. The van der Waals surface area contributed by atoms with Crippen LogP contribution in [0.15, 0.2) is 18.2 Å². The summed E-state index contributed by atoms with van der Waals surface area (Å²) in [7, 11) is 3.06.